The second kappa shape index (κ2) is 10.4. The summed E-state index contributed by atoms with van der Waals surface area (Å²) in [4.78, 5) is 12.5. The molecule has 5 nitrogen and oxygen atoms in total. The Labute approximate surface area is 189 Å². The van der Waals surface area contributed by atoms with Gasteiger partial charge in [0.2, 0.25) is 0 Å². The predicted molar refractivity (Wildman–Crippen MR) is 126 cm³/mol. The molecule has 2 aromatic carbocycles. The van der Waals surface area contributed by atoms with E-state index in [9.17, 15) is 4.79 Å². The third kappa shape index (κ3) is 6.43. The van der Waals surface area contributed by atoms with E-state index in [2.05, 4.69) is 40.4 Å². The number of nitrogens with one attached hydrogen (secondary N) is 2. The van der Waals surface area contributed by atoms with E-state index in [-0.39, 0.29) is 11.0 Å². The molecule has 0 saturated heterocycles. The van der Waals surface area contributed by atoms with Crippen molar-refractivity contribution in [1.29, 1.82) is 0 Å². The largest absolute Gasteiger partial charge is 0.493 e. The van der Waals surface area contributed by atoms with Gasteiger partial charge in [-0.3, -0.25) is 10.1 Å². The minimum atomic E-state index is -0.294. The molecule has 0 radical (unpaired) electrons. The number of benzene rings is 2. The zero-order valence-corrected chi connectivity index (χ0v) is 19.2. The molecule has 3 aromatic rings. The molecular formula is C23H23BrN2O3S. The number of carbonyl (C=O) groups excluding carboxylic acids is 1. The molecule has 0 saturated carbocycles. The van der Waals surface area contributed by atoms with Crippen molar-refractivity contribution in [3.05, 3.63) is 76.5 Å². The van der Waals surface area contributed by atoms with Gasteiger partial charge >= 0.3 is 0 Å². The number of hydrogen-bond donors (Lipinski definition) is 2. The van der Waals surface area contributed by atoms with Crippen LogP contribution in [0.5, 0.6) is 5.75 Å². The van der Waals surface area contributed by atoms with Crippen molar-refractivity contribution in [2.24, 2.45) is 5.92 Å². The smallest absolute Gasteiger partial charge is 0.257 e. The number of hydrogen-bond acceptors (Lipinski definition) is 4. The first-order valence-electron chi connectivity index (χ1n) is 9.57. The average Bonchev–Trinajstić information content (AvgIpc) is 3.20. The molecule has 0 atom stereocenters. The number of rotatable bonds is 7. The van der Waals surface area contributed by atoms with Gasteiger partial charge in [0, 0.05) is 15.6 Å². The summed E-state index contributed by atoms with van der Waals surface area (Å²) in [5.41, 5.74) is 1.47. The first-order chi connectivity index (χ1) is 14.4. The highest BCUT2D eigenvalue weighted by Gasteiger charge is 2.10. The maximum Gasteiger partial charge on any atom is 0.257 e. The van der Waals surface area contributed by atoms with Gasteiger partial charge in [-0.1, -0.05) is 48.0 Å². The monoisotopic (exact) mass is 486 g/mol. The topological polar surface area (TPSA) is 63.5 Å². The van der Waals surface area contributed by atoms with E-state index in [1.54, 1.807) is 18.2 Å². The molecule has 0 unspecified atom stereocenters. The van der Waals surface area contributed by atoms with E-state index in [4.69, 9.17) is 21.4 Å². The van der Waals surface area contributed by atoms with Gasteiger partial charge in [-0.15, -0.1) is 0 Å². The van der Waals surface area contributed by atoms with Gasteiger partial charge in [0.1, 0.15) is 17.3 Å². The SMILES string of the molecule is CC(C)COc1cccc(C(=O)NC(=S)NCc2ccc(-c3ccc(Br)cc3)o2)c1. The lowest BCUT2D eigenvalue weighted by Crippen LogP contribution is -2.38. The third-order valence-corrected chi connectivity index (χ3v) is 4.90. The van der Waals surface area contributed by atoms with E-state index in [1.165, 1.54) is 0 Å². The van der Waals surface area contributed by atoms with Crippen molar-refractivity contribution in [3.63, 3.8) is 0 Å². The number of carbonyl (C=O) groups is 1. The highest BCUT2D eigenvalue weighted by atomic mass is 79.9. The summed E-state index contributed by atoms with van der Waals surface area (Å²) in [5.74, 6) is 2.26. The third-order valence-electron chi connectivity index (χ3n) is 4.12. The molecular weight excluding hydrogens is 464 g/mol. The van der Waals surface area contributed by atoms with Crippen LogP contribution in [-0.4, -0.2) is 17.6 Å². The van der Waals surface area contributed by atoms with Crippen molar-refractivity contribution in [3.8, 4) is 17.1 Å². The summed E-state index contributed by atoms with van der Waals surface area (Å²) in [6, 6.07) is 18.7. The molecule has 1 heterocycles. The van der Waals surface area contributed by atoms with Gasteiger partial charge in [-0.2, -0.15) is 0 Å². The lowest BCUT2D eigenvalue weighted by Gasteiger charge is -2.11. The van der Waals surface area contributed by atoms with Crippen LogP contribution in [0.3, 0.4) is 0 Å². The van der Waals surface area contributed by atoms with Crippen LogP contribution in [0.1, 0.15) is 30.0 Å². The van der Waals surface area contributed by atoms with Crippen LogP contribution >= 0.6 is 28.1 Å². The van der Waals surface area contributed by atoms with E-state index < -0.39 is 0 Å². The molecule has 0 bridgehead atoms. The molecule has 7 heteroatoms. The summed E-state index contributed by atoms with van der Waals surface area (Å²) < 4.78 is 12.5. The minimum absolute atomic E-state index is 0.232. The lowest BCUT2D eigenvalue weighted by molar-refractivity contribution is 0.0976. The number of halogens is 1. The van der Waals surface area contributed by atoms with Gasteiger partial charge in [-0.05, 0) is 60.6 Å². The Morgan fingerprint density at radius 2 is 1.90 bits per heavy atom. The fraction of sp³-hybridized carbons (Fsp3) is 0.217. The van der Waals surface area contributed by atoms with Gasteiger partial charge in [0.15, 0.2) is 5.11 Å². The second-order valence-electron chi connectivity index (χ2n) is 7.14. The Morgan fingerprint density at radius 3 is 2.63 bits per heavy atom. The van der Waals surface area contributed by atoms with E-state index in [1.807, 2.05) is 42.5 Å². The van der Waals surface area contributed by atoms with Gasteiger partial charge < -0.3 is 14.5 Å². The molecule has 0 spiro atoms. The van der Waals surface area contributed by atoms with Crippen LogP contribution in [0.15, 0.2) is 69.6 Å². The summed E-state index contributed by atoms with van der Waals surface area (Å²) in [5, 5.41) is 5.91. The summed E-state index contributed by atoms with van der Waals surface area (Å²) >= 11 is 8.66. The first-order valence-corrected chi connectivity index (χ1v) is 10.8. The van der Waals surface area contributed by atoms with Gasteiger partial charge in [0.25, 0.3) is 5.91 Å². The Balaban J connectivity index is 1.52. The first kappa shape index (κ1) is 22.1. The van der Waals surface area contributed by atoms with Crippen LogP contribution in [0.4, 0.5) is 0 Å². The second-order valence-corrected chi connectivity index (χ2v) is 8.47. The maximum absolute atomic E-state index is 12.5. The van der Waals surface area contributed by atoms with Gasteiger partial charge in [-0.25, -0.2) is 0 Å². The number of ether oxygens (including phenoxy) is 1. The Bertz CT molecular complexity index is 1020. The van der Waals surface area contributed by atoms with Crippen LogP contribution in [0, 0.1) is 5.92 Å². The summed E-state index contributed by atoms with van der Waals surface area (Å²) in [6.07, 6.45) is 0. The van der Waals surface area contributed by atoms with E-state index in [0.29, 0.717) is 36.1 Å². The Hall–Kier alpha value is -2.64. The standard InChI is InChI=1S/C23H23BrN2O3S/c1-15(2)14-28-19-5-3-4-17(12-19)22(27)26-23(30)25-13-20-10-11-21(29-20)16-6-8-18(24)9-7-16/h3-12,15H,13-14H2,1-2H3,(H2,25,26,27,30). The van der Waals surface area contributed by atoms with Crippen LogP contribution in [0.25, 0.3) is 11.3 Å². The van der Waals surface area contributed by atoms with Crippen LogP contribution in [0.2, 0.25) is 0 Å². The molecule has 0 aliphatic rings. The number of furan rings is 1. The summed E-state index contributed by atoms with van der Waals surface area (Å²) in [6.45, 7) is 5.10. The molecule has 0 aliphatic carbocycles. The molecule has 30 heavy (non-hydrogen) atoms. The number of thiocarbonyl (C=S) groups is 1. The van der Waals surface area contributed by atoms with Crippen LogP contribution in [-0.2, 0) is 6.54 Å². The van der Waals surface area contributed by atoms with E-state index >= 15 is 0 Å². The zero-order valence-electron chi connectivity index (χ0n) is 16.8. The summed E-state index contributed by atoms with van der Waals surface area (Å²) in [7, 11) is 0. The predicted octanol–water partition coefficient (Wildman–Crippen LogP) is 5.55. The molecule has 0 aliphatic heterocycles. The molecule has 1 amide bonds. The van der Waals surface area contributed by atoms with Gasteiger partial charge in [0.05, 0.1) is 13.2 Å². The average molecular weight is 487 g/mol. The minimum Gasteiger partial charge on any atom is -0.493 e. The zero-order chi connectivity index (χ0) is 21.5. The van der Waals surface area contributed by atoms with Crippen molar-refractivity contribution < 1.29 is 13.9 Å². The molecule has 1 aromatic heterocycles. The normalized spacial score (nSPS) is 10.7. The van der Waals surface area contributed by atoms with Crippen molar-refractivity contribution in [1.82, 2.24) is 10.6 Å². The highest BCUT2D eigenvalue weighted by Crippen LogP contribution is 2.24. The Kier molecular flexibility index (Phi) is 7.65. The highest BCUT2D eigenvalue weighted by molar-refractivity contribution is 9.10. The molecule has 0 fully saturated rings. The molecule has 3 rings (SSSR count). The molecule has 2 N–H and O–H groups in total. The number of amides is 1. The van der Waals surface area contributed by atoms with Crippen molar-refractivity contribution >= 4 is 39.2 Å². The van der Waals surface area contributed by atoms with E-state index in [0.717, 1.165) is 15.8 Å². The van der Waals surface area contributed by atoms with Crippen molar-refractivity contribution in [2.75, 3.05) is 6.61 Å². The van der Waals surface area contributed by atoms with Crippen LogP contribution < -0.4 is 15.4 Å². The van der Waals surface area contributed by atoms with Crippen molar-refractivity contribution in [2.45, 2.75) is 20.4 Å². The quantitative estimate of drug-likeness (QED) is 0.428. The lowest BCUT2D eigenvalue weighted by atomic mass is 10.2. The Morgan fingerprint density at radius 1 is 1.13 bits per heavy atom. The maximum atomic E-state index is 12.5. The fourth-order valence-corrected chi connectivity index (χ4v) is 3.05. The molecule has 156 valence electrons. The fourth-order valence-electron chi connectivity index (χ4n) is 2.62.